The third kappa shape index (κ3) is 4.36. The first-order chi connectivity index (χ1) is 11.9. The number of carbonyl (C=O) groups excluding carboxylic acids is 3. The number of aryl methyl sites for hydroxylation is 1. The van der Waals surface area contributed by atoms with Gasteiger partial charge < -0.3 is 16.0 Å². The van der Waals surface area contributed by atoms with Crippen LogP contribution in [0.2, 0.25) is 0 Å². The molecule has 25 heavy (non-hydrogen) atoms. The molecule has 0 bridgehead atoms. The summed E-state index contributed by atoms with van der Waals surface area (Å²) in [4.78, 5) is 37.9. The summed E-state index contributed by atoms with van der Waals surface area (Å²) in [7, 11) is 0. The average Bonchev–Trinajstić information content (AvgIpc) is 2.79. The molecule has 3 N–H and O–H groups in total. The van der Waals surface area contributed by atoms with E-state index in [0.29, 0.717) is 18.7 Å². The Morgan fingerprint density at radius 1 is 1.16 bits per heavy atom. The number of imide groups is 1. The smallest absolute Gasteiger partial charge is 0.325 e. The first-order valence-corrected chi connectivity index (χ1v) is 8.57. The van der Waals surface area contributed by atoms with Gasteiger partial charge in [0.05, 0.1) is 0 Å². The van der Waals surface area contributed by atoms with E-state index in [1.165, 1.54) is 0 Å². The van der Waals surface area contributed by atoms with E-state index in [1.807, 2.05) is 31.2 Å². The molecule has 0 aliphatic carbocycles. The summed E-state index contributed by atoms with van der Waals surface area (Å²) >= 11 is 0. The van der Waals surface area contributed by atoms with Crippen LogP contribution in [0.5, 0.6) is 0 Å². The lowest BCUT2D eigenvalue weighted by Crippen LogP contribution is -2.44. The van der Waals surface area contributed by atoms with Gasteiger partial charge in [0, 0.05) is 13.1 Å². The van der Waals surface area contributed by atoms with E-state index in [-0.39, 0.29) is 12.5 Å². The molecule has 2 rings (SSSR count). The molecule has 7 nitrogen and oxygen atoms in total. The second-order valence-electron chi connectivity index (χ2n) is 6.41. The molecule has 0 radical (unpaired) electrons. The zero-order valence-electron chi connectivity index (χ0n) is 15.0. The number of urea groups is 1. The lowest BCUT2D eigenvalue weighted by Gasteiger charge is -2.22. The fourth-order valence-corrected chi connectivity index (χ4v) is 2.71. The lowest BCUT2D eigenvalue weighted by molar-refractivity contribution is -0.134. The van der Waals surface area contributed by atoms with Gasteiger partial charge in [0.1, 0.15) is 12.1 Å². The van der Waals surface area contributed by atoms with Crippen molar-refractivity contribution in [2.75, 3.05) is 26.2 Å². The standard InChI is InChI=1S/C18H26N4O3/c1-4-9-19-10-11-20-15(23)12-22-16(24)18(3,21-17(22)25)14-7-5-13(2)6-8-14/h5-8,19H,4,9-12H2,1-3H3,(H,20,23)(H,21,25). The highest BCUT2D eigenvalue weighted by atomic mass is 16.2. The predicted octanol–water partition coefficient (Wildman–Crippen LogP) is 0.878. The van der Waals surface area contributed by atoms with E-state index in [0.717, 1.165) is 23.4 Å². The van der Waals surface area contributed by atoms with Gasteiger partial charge in [-0.25, -0.2) is 4.79 Å². The third-order valence-corrected chi connectivity index (χ3v) is 4.26. The fourth-order valence-electron chi connectivity index (χ4n) is 2.71. The van der Waals surface area contributed by atoms with Crippen molar-refractivity contribution in [2.45, 2.75) is 32.7 Å². The van der Waals surface area contributed by atoms with Crippen LogP contribution >= 0.6 is 0 Å². The molecular formula is C18H26N4O3. The molecule has 4 amide bonds. The van der Waals surface area contributed by atoms with Crippen molar-refractivity contribution in [1.82, 2.24) is 20.9 Å². The summed E-state index contributed by atoms with van der Waals surface area (Å²) in [5, 5.41) is 8.58. The Labute approximate surface area is 148 Å². The largest absolute Gasteiger partial charge is 0.353 e. The SMILES string of the molecule is CCCNCCNC(=O)CN1C(=O)NC(C)(c2ccc(C)cc2)C1=O. The topological polar surface area (TPSA) is 90.5 Å². The third-order valence-electron chi connectivity index (χ3n) is 4.26. The molecule has 1 fully saturated rings. The van der Waals surface area contributed by atoms with Gasteiger partial charge in [0.25, 0.3) is 5.91 Å². The van der Waals surface area contributed by atoms with Crippen LogP contribution < -0.4 is 16.0 Å². The van der Waals surface area contributed by atoms with Crippen molar-refractivity contribution in [3.8, 4) is 0 Å². The Kier molecular flexibility index (Phi) is 6.14. The Morgan fingerprint density at radius 2 is 1.84 bits per heavy atom. The van der Waals surface area contributed by atoms with Crippen molar-refractivity contribution >= 4 is 17.8 Å². The first kappa shape index (κ1) is 18.9. The van der Waals surface area contributed by atoms with E-state index in [9.17, 15) is 14.4 Å². The summed E-state index contributed by atoms with van der Waals surface area (Å²) in [5.74, 6) is -0.768. The van der Waals surface area contributed by atoms with E-state index < -0.39 is 17.5 Å². The van der Waals surface area contributed by atoms with Crippen molar-refractivity contribution in [3.63, 3.8) is 0 Å². The molecule has 0 aromatic heterocycles. The summed E-state index contributed by atoms with van der Waals surface area (Å²) in [6.45, 7) is 7.39. The van der Waals surface area contributed by atoms with Crippen LogP contribution in [-0.2, 0) is 15.1 Å². The van der Waals surface area contributed by atoms with Crippen molar-refractivity contribution in [2.24, 2.45) is 0 Å². The lowest BCUT2D eigenvalue weighted by atomic mass is 9.91. The van der Waals surface area contributed by atoms with Crippen molar-refractivity contribution in [3.05, 3.63) is 35.4 Å². The highest BCUT2D eigenvalue weighted by molar-refractivity contribution is 6.09. The van der Waals surface area contributed by atoms with Gasteiger partial charge in [-0.15, -0.1) is 0 Å². The van der Waals surface area contributed by atoms with Crippen LogP contribution in [-0.4, -0.2) is 48.9 Å². The molecule has 1 aliphatic rings. The first-order valence-electron chi connectivity index (χ1n) is 8.57. The Bertz CT molecular complexity index is 644. The van der Waals surface area contributed by atoms with E-state index in [2.05, 4.69) is 22.9 Å². The van der Waals surface area contributed by atoms with Crippen LogP contribution in [0, 0.1) is 6.92 Å². The summed E-state index contributed by atoms with van der Waals surface area (Å²) < 4.78 is 0. The summed E-state index contributed by atoms with van der Waals surface area (Å²) in [6, 6.07) is 6.86. The number of amides is 4. The second-order valence-corrected chi connectivity index (χ2v) is 6.41. The molecule has 1 aromatic carbocycles. The highest BCUT2D eigenvalue weighted by Gasteiger charge is 2.49. The Hall–Kier alpha value is -2.41. The van der Waals surface area contributed by atoms with Gasteiger partial charge in [0.2, 0.25) is 5.91 Å². The number of hydrogen-bond acceptors (Lipinski definition) is 4. The number of hydrogen-bond donors (Lipinski definition) is 3. The fraction of sp³-hybridized carbons (Fsp3) is 0.500. The minimum Gasteiger partial charge on any atom is -0.353 e. The van der Waals surface area contributed by atoms with E-state index >= 15 is 0 Å². The molecule has 0 saturated carbocycles. The maximum Gasteiger partial charge on any atom is 0.325 e. The zero-order valence-corrected chi connectivity index (χ0v) is 15.0. The number of benzene rings is 1. The van der Waals surface area contributed by atoms with Gasteiger partial charge in [0.15, 0.2) is 0 Å². The van der Waals surface area contributed by atoms with Crippen LogP contribution in [0.25, 0.3) is 0 Å². The minimum atomic E-state index is -1.15. The van der Waals surface area contributed by atoms with Gasteiger partial charge in [-0.1, -0.05) is 36.8 Å². The molecule has 1 atom stereocenters. The van der Waals surface area contributed by atoms with Gasteiger partial charge in [-0.2, -0.15) is 0 Å². The molecule has 1 unspecified atom stereocenters. The van der Waals surface area contributed by atoms with Crippen molar-refractivity contribution in [1.29, 1.82) is 0 Å². The quantitative estimate of drug-likeness (QED) is 0.481. The minimum absolute atomic E-state index is 0.278. The predicted molar refractivity (Wildman–Crippen MR) is 94.9 cm³/mol. The van der Waals surface area contributed by atoms with Gasteiger partial charge in [-0.3, -0.25) is 14.5 Å². The average molecular weight is 346 g/mol. The summed E-state index contributed by atoms with van der Waals surface area (Å²) in [6.07, 6.45) is 1.02. The molecule has 1 heterocycles. The molecule has 136 valence electrons. The number of nitrogens with one attached hydrogen (secondary N) is 3. The molecule has 0 spiro atoms. The zero-order chi connectivity index (χ0) is 18.4. The van der Waals surface area contributed by atoms with E-state index in [1.54, 1.807) is 6.92 Å². The number of carbonyl (C=O) groups is 3. The maximum atomic E-state index is 12.7. The number of rotatable bonds is 8. The highest BCUT2D eigenvalue weighted by Crippen LogP contribution is 2.28. The maximum absolute atomic E-state index is 12.7. The Morgan fingerprint density at radius 3 is 2.48 bits per heavy atom. The van der Waals surface area contributed by atoms with Crippen LogP contribution in [0.1, 0.15) is 31.4 Å². The molecule has 1 aromatic rings. The summed E-state index contributed by atoms with van der Waals surface area (Å²) in [5.41, 5.74) is 0.619. The molecule has 1 saturated heterocycles. The van der Waals surface area contributed by atoms with Crippen molar-refractivity contribution < 1.29 is 14.4 Å². The molecule has 7 heteroatoms. The number of nitrogens with zero attached hydrogens (tertiary/aromatic N) is 1. The second kappa shape index (κ2) is 8.11. The van der Waals surface area contributed by atoms with Gasteiger partial charge >= 0.3 is 6.03 Å². The van der Waals surface area contributed by atoms with Crippen LogP contribution in [0.15, 0.2) is 24.3 Å². The van der Waals surface area contributed by atoms with Crippen LogP contribution in [0.4, 0.5) is 4.79 Å². The monoisotopic (exact) mass is 346 g/mol. The van der Waals surface area contributed by atoms with E-state index in [4.69, 9.17) is 0 Å². The normalized spacial score (nSPS) is 19.9. The molecular weight excluding hydrogens is 320 g/mol. The van der Waals surface area contributed by atoms with Gasteiger partial charge in [-0.05, 0) is 32.4 Å². The van der Waals surface area contributed by atoms with Crippen LogP contribution in [0.3, 0.4) is 0 Å². The molecule has 1 aliphatic heterocycles. The Balaban J connectivity index is 1.96.